The molecular formula is C27H45N3O6. The largest absolute Gasteiger partial charge is 0.381 e. The molecule has 3 saturated heterocycles. The molecule has 9 nitrogen and oxygen atoms in total. The van der Waals surface area contributed by atoms with Crippen LogP contribution in [0.1, 0.15) is 89.9 Å². The topological polar surface area (TPSA) is 100 Å². The standard InChI is InChI=1S/C27H45N3O6/c31-25-28(15-9-3-1-7-13-23-20-35-23)26(32)30(17-11-5-6-12-22-18-34-19-22)27(33)29(25)16-10-4-2-8-14-24-21-36-24/h22-24H,1-21H2. The van der Waals surface area contributed by atoms with Crippen molar-refractivity contribution < 1.29 is 14.2 Å². The molecule has 2 atom stereocenters. The van der Waals surface area contributed by atoms with Crippen molar-refractivity contribution in [2.45, 2.75) is 122 Å². The van der Waals surface area contributed by atoms with Gasteiger partial charge in [-0.2, -0.15) is 0 Å². The number of nitrogens with zero attached hydrogens (tertiary/aromatic N) is 3. The highest BCUT2D eigenvalue weighted by molar-refractivity contribution is 4.80. The van der Waals surface area contributed by atoms with Crippen molar-refractivity contribution in [3.63, 3.8) is 0 Å². The Kier molecular flexibility index (Phi) is 10.8. The summed E-state index contributed by atoms with van der Waals surface area (Å²) in [6, 6.07) is 0. The lowest BCUT2D eigenvalue weighted by molar-refractivity contribution is -0.0364. The summed E-state index contributed by atoms with van der Waals surface area (Å²) in [6.45, 7) is 4.63. The van der Waals surface area contributed by atoms with Crippen molar-refractivity contribution in [2.24, 2.45) is 5.92 Å². The maximum atomic E-state index is 13.2. The van der Waals surface area contributed by atoms with Crippen LogP contribution in [0.3, 0.4) is 0 Å². The van der Waals surface area contributed by atoms with Gasteiger partial charge in [-0.25, -0.2) is 28.1 Å². The van der Waals surface area contributed by atoms with E-state index >= 15 is 0 Å². The molecule has 3 aliphatic heterocycles. The third-order valence-corrected chi connectivity index (χ3v) is 7.71. The summed E-state index contributed by atoms with van der Waals surface area (Å²) in [7, 11) is 0. The van der Waals surface area contributed by atoms with Crippen molar-refractivity contribution in [2.75, 3.05) is 26.4 Å². The molecule has 1 aromatic rings. The number of unbranched alkanes of at least 4 members (excludes halogenated alkanes) is 8. The molecule has 0 N–H and O–H groups in total. The number of aromatic nitrogens is 3. The minimum Gasteiger partial charge on any atom is -0.381 e. The molecule has 36 heavy (non-hydrogen) atoms. The summed E-state index contributed by atoms with van der Waals surface area (Å²) in [4.78, 5) is 39.5. The van der Waals surface area contributed by atoms with Gasteiger partial charge in [0, 0.05) is 25.6 Å². The minimum atomic E-state index is -0.441. The Morgan fingerprint density at radius 2 is 0.861 bits per heavy atom. The third-order valence-electron chi connectivity index (χ3n) is 7.71. The molecule has 0 aromatic carbocycles. The maximum Gasteiger partial charge on any atom is 0.336 e. The van der Waals surface area contributed by atoms with E-state index in [0.29, 0.717) is 37.8 Å². The van der Waals surface area contributed by atoms with Crippen LogP contribution in [0.25, 0.3) is 0 Å². The molecule has 9 heteroatoms. The Morgan fingerprint density at radius 3 is 1.22 bits per heavy atom. The minimum absolute atomic E-state index is 0.376. The molecule has 4 heterocycles. The van der Waals surface area contributed by atoms with E-state index in [2.05, 4.69) is 0 Å². The van der Waals surface area contributed by atoms with Crippen LogP contribution in [0.5, 0.6) is 0 Å². The van der Waals surface area contributed by atoms with Gasteiger partial charge in [-0.15, -0.1) is 0 Å². The highest BCUT2D eigenvalue weighted by Crippen LogP contribution is 2.19. The van der Waals surface area contributed by atoms with Crippen LogP contribution in [0, 0.1) is 5.92 Å². The average Bonchev–Trinajstić information content (AvgIpc) is 3.75. The normalized spacial score (nSPS) is 21.0. The Bertz CT molecular complexity index is 909. The number of hydrogen-bond donors (Lipinski definition) is 0. The molecule has 0 bridgehead atoms. The zero-order valence-electron chi connectivity index (χ0n) is 21.9. The number of hydrogen-bond acceptors (Lipinski definition) is 6. The quantitative estimate of drug-likeness (QED) is 0.199. The van der Waals surface area contributed by atoms with Crippen LogP contribution in [0.4, 0.5) is 0 Å². The molecule has 0 spiro atoms. The van der Waals surface area contributed by atoms with Gasteiger partial charge in [-0.1, -0.05) is 51.4 Å². The Morgan fingerprint density at radius 1 is 0.500 bits per heavy atom. The first kappa shape index (κ1) is 27.3. The van der Waals surface area contributed by atoms with Crippen LogP contribution in [0.2, 0.25) is 0 Å². The van der Waals surface area contributed by atoms with Gasteiger partial charge in [-0.3, -0.25) is 0 Å². The fourth-order valence-corrected chi connectivity index (χ4v) is 5.05. The van der Waals surface area contributed by atoms with Crippen molar-refractivity contribution in [3.8, 4) is 0 Å². The molecule has 0 saturated carbocycles. The summed E-state index contributed by atoms with van der Waals surface area (Å²) >= 11 is 0. The molecule has 4 rings (SSSR count). The SMILES string of the molecule is O=c1n(CCCCCCC2CO2)c(=O)n(CCCCCC2COC2)c(=O)n1CCCCCCC1CO1. The lowest BCUT2D eigenvalue weighted by atomic mass is 10.00. The second kappa shape index (κ2) is 14.3. The zero-order chi connectivity index (χ0) is 25.2. The third kappa shape index (κ3) is 8.70. The summed E-state index contributed by atoms with van der Waals surface area (Å²) in [5.74, 6) is 0.667. The van der Waals surface area contributed by atoms with Gasteiger partial charge in [0.15, 0.2) is 0 Å². The molecule has 0 radical (unpaired) electrons. The average molecular weight is 508 g/mol. The first-order valence-corrected chi connectivity index (χ1v) is 14.4. The van der Waals surface area contributed by atoms with E-state index in [9.17, 15) is 14.4 Å². The fourth-order valence-electron chi connectivity index (χ4n) is 5.05. The zero-order valence-corrected chi connectivity index (χ0v) is 21.9. The highest BCUT2D eigenvalue weighted by atomic mass is 16.6. The summed E-state index contributed by atoms with van der Waals surface area (Å²) in [6.07, 6.45) is 14.9. The maximum absolute atomic E-state index is 13.2. The monoisotopic (exact) mass is 507 g/mol. The van der Waals surface area contributed by atoms with Gasteiger partial charge in [-0.05, 0) is 38.5 Å². The van der Waals surface area contributed by atoms with E-state index in [1.165, 1.54) is 13.7 Å². The van der Waals surface area contributed by atoms with Crippen molar-refractivity contribution >= 4 is 0 Å². The van der Waals surface area contributed by atoms with E-state index in [-0.39, 0.29) is 0 Å². The van der Waals surface area contributed by atoms with Crippen molar-refractivity contribution in [1.29, 1.82) is 0 Å². The smallest absolute Gasteiger partial charge is 0.336 e. The van der Waals surface area contributed by atoms with Crippen LogP contribution >= 0.6 is 0 Å². The highest BCUT2D eigenvalue weighted by Gasteiger charge is 2.22. The van der Waals surface area contributed by atoms with Gasteiger partial charge in [0.05, 0.1) is 38.6 Å². The Balaban J connectivity index is 1.31. The van der Waals surface area contributed by atoms with Crippen molar-refractivity contribution in [1.82, 2.24) is 13.7 Å². The van der Waals surface area contributed by atoms with E-state index in [0.717, 1.165) is 116 Å². The van der Waals surface area contributed by atoms with Gasteiger partial charge in [0.1, 0.15) is 0 Å². The molecule has 3 fully saturated rings. The van der Waals surface area contributed by atoms with Gasteiger partial charge in [0.25, 0.3) is 0 Å². The van der Waals surface area contributed by atoms with Gasteiger partial charge >= 0.3 is 17.1 Å². The second-order valence-corrected chi connectivity index (χ2v) is 10.9. The van der Waals surface area contributed by atoms with E-state index < -0.39 is 17.1 Å². The lowest BCUT2D eigenvalue weighted by Crippen LogP contribution is -2.54. The predicted octanol–water partition coefficient (Wildman–Crippen LogP) is 3.08. The summed E-state index contributed by atoms with van der Waals surface area (Å²) in [5, 5.41) is 0. The molecule has 0 amide bonds. The van der Waals surface area contributed by atoms with Crippen LogP contribution in [-0.4, -0.2) is 52.3 Å². The Hall–Kier alpha value is -1.71. The predicted molar refractivity (Wildman–Crippen MR) is 138 cm³/mol. The van der Waals surface area contributed by atoms with Gasteiger partial charge < -0.3 is 14.2 Å². The lowest BCUT2D eigenvalue weighted by Gasteiger charge is -2.25. The van der Waals surface area contributed by atoms with Crippen LogP contribution < -0.4 is 17.1 Å². The molecule has 2 unspecified atom stereocenters. The number of epoxide rings is 2. The number of rotatable bonds is 20. The van der Waals surface area contributed by atoms with E-state index in [4.69, 9.17) is 14.2 Å². The fraction of sp³-hybridized carbons (Fsp3) is 0.889. The molecular weight excluding hydrogens is 462 g/mol. The summed E-state index contributed by atoms with van der Waals surface area (Å²) in [5.41, 5.74) is -1.32. The Labute approximate surface area is 213 Å². The van der Waals surface area contributed by atoms with Crippen molar-refractivity contribution in [3.05, 3.63) is 31.5 Å². The first-order valence-electron chi connectivity index (χ1n) is 14.4. The van der Waals surface area contributed by atoms with Crippen LogP contribution in [-0.2, 0) is 33.8 Å². The molecule has 3 aliphatic rings. The molecule has 204 valence electrons. The molecule has 0 aliphatic carbocycles. The van der Waals surface area contributed by atoms with Gasteiger partial charge in [0.2, 0.25) is 0 Å². The molecule has 1 aromatic heterocycles. The summed E-state index contributed by atoms with van der Waals surface area (Å²) < 4.78 is 19.7. The van der Waals surface area contributed by atoms with E-state index in [1.54, 1.807) is 0 Å². The van der Waals surface area contributed by atoms with Crippen LogP contribution in [0.15, 0.2) is 14.4 Å². The second-order valence-electron chi connectivity index (χ2n) is 10.9. The number of ether oxygens (including phenoxy) is 3. The van der Waals surface area contributed by atoms with E-state index in [1.807, 2.05) is 0 Å². The first-order chi connectivity index (χ1) is 17.6.